The molecular formula is C98H82N6O16. The molecule has 2 aromatic heterocycles. The summed E-state index contributed by atoms with van der Waals surface area (Å²) in [4.78, 5) is 128. The second-order valence-electron chi connectivity index (χ2n) is 32.2. The van der Waals surface area contributed by atoms with Crippen LogP contribution in [0.15, 0.2) is 191 Å². The topological polar surface area (TPSA) is 279 Å². The van der Waals surface area contributed by atoms with Gasteiger partial charge in [-0.2, -0.15) is 0 Å². The van der Waals surface area contributed by atoms with E-state index in [1.54, 1.807) is 36.4 Å². The van der Waals surface area contributed by atoms with Crippen LogP contribution in [0, 0.1) is 55.4 Å². The predicted octanol–water partition coefficient (Wildman–Crippen LogP) is 17.6. The van der Waals surface area contributed by atoms with Crippen molar-refractivity contribution >= 4 is 134 Å². The van der Waals surface area contributed by atoms with E-state index in [0.29, 0.717) is 82.8 Å². The quantitative estimate of drug-likeness (QED) is 0.0170. The molecule has 4 unspecified atom stereocenters. The fourth-order valence-corrected chi connectivity index (χ4v) is 17.7. The Bertz CT molecular complexity index is 6200. The van der Waals surface area contributed by atoms with Gasteiger partial charge in [0.2, 0.25) is 23.6 Å². The number of ether oxygens (including phenoxy) is 6. The van der Waals surface area contributed by atoms with Gasteiger partial charge in [0, 0.05) is 116 Å². The Balaban J connectivity index is 0.890. The number of benzene rings is 13. The van der Waals surface area contributed by atoms with E-state index in [9.17, 15) is 9.59 Å². The van der Waals surface area contributed by atoms with Crippen LogP contribution < -0.4 is 40.2 Å². The molecule has 22 heteroatoms. The predicted molar refractivity (Wildman–Crippen MR) is 456 cm³/mol. The minimum absolute atomic E-state index is 0.0334. The summed E-state index contributed by atoms with van der Waals surface area (Å²) in [5, 5.41) is 16.3. The Kier molecular flexibility index (Phi) is 19.1. The lowest BCUT2D eigenvalue weighted by atomic mass is 9.80. The van der Waals surface area contributed by atoms with Crippen molar-refractivity contribution in [3.8, 4) is 46.0 Å². The van der Waals surface area contributed by atoms with Crippen molar-refractivity contribution in [2.24, 2.45) is 0 Å². The van der Waals surface area contributed by atoms with Crippen LogP contribution in [0.5, 0.6) is 46.0 Å². The summed E-state index contributed by atoms with van der Waals surface area (Å²) in [5.74, 6) is -4.25. The summed E-state index contributed by atoms with van der Waals surface area (Å²) in [6, 6.07) is 51.9. The van der Waals surface area contributed by atoms with E-state index >= 15 is 28.8 Å². The monoisotopic (exact) mass is 1600 g/mol. The smallest absolute Gasteiger partial charge is 0.262 e. The first-order chi connectivity index (χ1) is 58.0. The third-order valence-corrected chi connectivity index (χ3v) is 22.8. The van der Waals surface area contributed by atoms with Gasteiger partial charge in [0.05, 0.1) is 47.7 Å². The van der Waals surface area contributed by atoms with Crippen LogP contribution >= 0.6 is 0 Å². The van der Waals surface area contributed by atoms with Crippen molar-refractivity contribution in [1.29, 1.82) is 0 Å². The number of para-hydroxylation sites is 4. The summed E-state index contributed by atoms with van der Waals surface area (Å²) >= 11 is 0. The zero-order valence-electron chi connectivity index (χ0n) is 67.1. The average molecular weight is 1600 g/mol. The summed E-state index contributed by atoms with van der Waals surface area (Å²) in [6.45, 7) is 16.7. The highest BCUT2D eigenvalue weighted by molar-refractivity contribution is 6.45. The Morgan fingerprint density at radius 2 is 0.650 bits per heavy atom. The zero-order chi connectivity index (χ0) is 82.8. The number of furan rings is 2. The van der Waals surface area contributed by atoms with Crippen molar-refractivity contribution in [3.05, 3.63) is 260 Å². The first-order valence-corrected chi connectivity index (χ1v) is 40.3. The van der Waals surface area contributed by atoms with Gasteiger partial charge in [0.1, 0.15) is 80.4 Å². The van der Waals surface area contributed by atoms with Crippen LogP contribution in [0.25, 0.3) is 87.0 Å². The molecule has 0 saturated carbocycles. The van der Waals surface area contributed by atoms with Crippen LogP contribution in [0.4, 0.5) is 0 Å². The zero-order valence-corrected chi connectivity index (χ0v) is 67.1. The number of carbonyl (C=O) groups is 8. The Labute approximate surface area is 687 Å². The highest BCUT2D eigenvalue weighted by atomic mass is 16.6. The fourth-order valence-electron chi connectivity index (χ4n) is 17.7. The number of rotatable bonds is 26. The molecule has 19 rings (SSSR count). The van der Waals surface area contributed by atoms with E-state index in [1.165, 1.54) is 0 Å². The van der Waals surface area contributed by atoms with E-state index in [-0.39, 0.29) is 151 Å². The molecule has 0 aliphatic carbocycles. The molecule has 13 aromatic carbocycles. The molecule has 2 saturated heterocycles. The van der Waals surface area contributed by atoms with Crippen molar-refractivity contribution in [2.45, 2.75) is 105 Å². The van der Waals surface area contributed by atoms with Gasteiger partial charge in [-0.3, -0.25) is 48.2 Å². The molecule has 6 heterocycles. The van der Waals surface area contributed by atoms with Gasteiger partial charge in [-0.05, 0) is 196 Å². The molecule has 120 heavy (non-hydrogen) atoms. The number of nitrogens with zero attached hydrogens (tertiary/aromatic N) is 2. The van der Waals surface area contributed by atoms with E-state index < -0.39 is 47.5 Å². The number of fused-ring (bicyclic) bond motifs is 8. The maximum absolute atomic E-state index is 17.0. The first kappa shape index (κ1) is 76.0. The molecule has 8 amide bonds. The highest BCUT2D eigenvalue weighted by Gasteiger charge is 2.47. The van der Waals surface area contributed by atoms with Crippen LogP contribution in [-0.4, -0.2) is 121 Å². The molecule has 2 fully saturated rings. The van der Waals surface area contributed by atoms with Crippen molar-refractivity contribution < 1.29 is 75.6 Å². The van der Waals surface area contributed by atoms with E-state index in [1.807, 2.05) is 201 Å². The number of amides is 8. The lowest BCUT2D eigenvalue weighted by Gasteiger charge is -2.36. The van der Waals surface area contributed by atoms with Crippen LogP contribution in [0.1, 0.15) is 110 Å². The molecule has 4 N–H and O–H groups in total. The summed E-state index contributed by atoms with van der Waals surface area (Å²) in [5.41, 5.74) is 9.37. The molecule has 600 valence electrons. The summed E-state index contributed by atoms with van der Waals surface area (Å²) < 4.78 is 53.7. The second kappa shape index (κ2) is 30.2. The van der Waals surface area contributed by atoms with Crippen molar-refractivity contribution in [3.63, 3.8) is 0 Å². The van der Waals surface area contributed by atoms with Gasteiger partial charge in [0.25, 0.3) is 23.6 Å². The van der Waals surface area contributed by atoms with Crippen LogP contribution in [0.3, 0.4) is 0 Å². The second-order valence-corrected chi connectivity index (χ2v) is 32.2. The summed E-state index contributed by atoms with van der Waals surface area (Å²) in [6.07, 6.45) is -0.997. The SMILES string of the molecule is Cc1cc(C)cc(Oc2cc3c4c(cc(Oc5cc(C)cc(C)c5)c5c6c(Oc7cc(C)cc(C)c7)cc7c8c(cc(Oc9cc(C)cc(C)c9)c(c2c45)c86)C(=O)N(C(Cc2cccc4c2oc2ccccc24)C(=O)NCCC(=O)NCC2CO2)C7=O)C(=O)N(C(Cc2cccc4c2oc2ccccc24)C(=O)NCCC(=O)NCC2CO2)C3=O)c1. The maximum atomic E-state index is 17.0. The van der Waals surface area contributed by atoms with Gasteiger partial charge < -0.3 is 58.5 Å². The number of aryl methyl sites for hydroxylation is 8. The van der Waals surface area contributed by atoms with Crippen molar-refractivity contribution in [2.75, 3.05) is 39.4 Å². The van der Waals surface area contributed by atoms with Gasteiger partial charge in [0.15, 0.2) is 0 Å². The third-order valence-electron chi connectivity index (χ3n) is 22.8. The Morgan fingerprint density at radius 1 is 0.358 bits per heavy atom. The lowest BCUT2D eigenvalue weighted by Crippen LogP contribution is -2.55. The number of epoxide rings is 2. The number of nitrogens with one attached hydrogen (secondary N) is 4. The molecular weight excluding hydrogens is 1520 g/mol. The molecule has 0 bridgehead atoms. The largest absolute Gasteiger partial charge is 0.457 e. The number of hydrogen-bond donors (Lipinski definition) is 4. The molecule has 0 spiro atoms. The average Bonchev–Trinajstić information content (AvgIpc) is 0.730. The Hall–Kier alpha value is -14.0. The van der Waals surface area contributed by atoms with Gasteiger partial charge in [-0.15, -0.1) is 0 Å². The fraction of sp³-hybridized carbons (Fsp3) is 0.224. The molecule has 15 aromatic rings. The molecule has 4 atom stereocenters. The third kappa shape index (κ3) is 14.1. The minimum atomic E-state index is -1.62. The highest BCUT2D eigenvalue weighted by Crippen LogP contribution is 2.59. The number of carbonyl (C=O) groups excluding carboxylic acids is 8. The Morgan fingerprint density at radius 3 is 0.950 bits per heavy atom. The number of imide groups is 2. The number of hydrogen-bond acceptors (Lipinski definition) is 16. The molecule has 4 aliphatic heterocycles. The van der Waals surface area contributed by atoms with Gasteiger partial charge in [-0.25, -0.2) is 0 Å². The molecule has 4 aliphatic rings. The van der Waals surface area contributed by atoms with Crippen LogP contribution in [-0.2, 0) is 41.5 Å². The summed E-state index contributed by atoms with van der Waals surface area (Å²) in [7, 11) is 0. The maximum Gasteiger partial charge on any atom is 0.262 e. The van der Waals surface area contributed by atoms with Gasteiger partial charge in [-0.1, -0.05) is 97.1 Å². The van der Waals surface area contributed by atoms with E-state index in [4.69, 9.17) is 37.3 Å². The minimum Gasteiger partial charge on any atom is -0.457 e. The lowest BCUT2D eigenvalue weighted by molar-refractivity contribution is -0.126. The first-order valence-electron chi connectivity index (χ1n) is 40.3. The normalized spacial score (nSPS) is 15.4. The molecule has 0 radical (unpaired) electrons. The molecule has 22 nitrogen and oxygen atoms in total. The van der Waals surface area contributed by atoms with Gasteiger partial charge >= 0.3 is 0 Å². The standard InChI is InChI=1S/C98H82N6O16/c1-49-27-50(2)32-59(31-49)115-77-41-69-83-70(96(110)103(95(69)109)73(93(107)99-25-23-81(105)101-45-63-47-113-63)39-57-15-13-19-67-65-17-9-11-21-75(65)119-91(57)67)43-79(117-61-35-53(5)29-54(6)36-61)87-88-80(118-62-37-55(7)30-56(8)38-62)44-72-84-71(42-78(86(90(84)88)85(77)89(83)87)116-60-33-51(3)28-52(4)34-60)97(111)104(98(72)112)74(94(108)100-26-24-82(106)102-46-64-48-114-64)40-58-16-14-20-68-66-18-10-12-22-76(66)120-92(58)68/h9-22,27-38,41-44,63-64,73-74H,23-26,39-40,45-48H2,1-8H3,(H,99,107)(H,100,108)(H,101,105)(H,102,106). The van der Waals surface area contributed by atoms with Crippen LogP contribution in [0.2, 0.25) is 0 Å². The van der Waals surface area contributed by atoms with Crippen molar-refractivity contribution in [1.82, 2.24) is 31.1 Å². The van der Waals surface area contributed by atoms with E-state index in [2.05, 4.69) is 21.3 Å². The van der Waals surface area contributed by atoms with E-state index in [0.717, 1.165) is 75.9 Å².